The topological polar surface area (TPSA) is 103 Å². The fourth-order valence-corrected chi connectivity index (χ4v) is 4.51. The van der Waals surface area contributed by atoms with E-state index in [9.17, 15) is 13.2 Å². The molecule has 9 heteroatoms. The molecular formula is C26H30N2O6S. The molecule has 3 aromatic carbocycles. The number of carbonyl (C=O) groups is 1. The molecule has 0 spiro atoms. The Kier molecular flexibility index (Phi) is 7.60. The molecule has 8 nitrogen and oxygen atoms in total. The van der Waals surface area contributed by atoms with E-state index in [-0.39, 0.29) is 27.3 Å². The van der Waals surface area contributed by atoms with Crippen molar-refractivity contribution in [2.45, 2.75) is 31.1 Å². The molecular weight excluding hydrogens is 468 g/mol. The van der Waals surface area contributed by atoms with Crippen LogP contribution in [0.15, 0.2) is 65.6 Å². The standard InChI is InChI=1S/C26H30N2O6S/c1-26(2,3)17-11-13-22(32-4)21(15-17)27-25(29)19-9-7-8-10-20(19)28-35(30,31)18-12-14-23(33-5)24(16-18)34-6/h7-16,28H,1-6H3,(H,27,29). The monoisotopic (exact) mass is 498 g/mol. The van der Waals surface area contributed by atoms with Gasteiger partial charge in [0.2, 0.25) is 0 Å². The number of anilines is 2. The second kappa shape index (κ2) is 10.3. The van der Waals surface area contributed by atoms with E-state index in [1.54, 1.807) is 24.3 Å². The molecule has 0 saturated heterocycles. The van der Waals surface area contributed by atoms with E-state index in [0.29, 0.717) is 17.2 Å². The highest BCUT2D eigenvalue weighted by atomic mass is 32.2. The van der Waals surface area contributed by atoms with Crippen molar-refractivity contribution in [3.8, 4) is 17.2 Å². The molecule has 1 amide bonds. The summed E-state index contributed by atoms with van der Waals surface area (Å²) in [5.41, 5.74) is 1.64. The summed E-state index contributed by atoms with van der Waals surface area (Å²) < 4.78 is 44.5. The Labute approximate surface area is 206 Å². The van der Waals surface area contributed by atoms with Crippen LogP contribution in [-0.2, 0) is 15.4 Å². The molecule has 186 valence electrons. The van der Waals surface area contributed by atoms with Gasteiger partial charge in [0.25, 0.3) is 15.9 Å². The van der Waals surface area contributed by atoms with Crippen LogP contribution >= 0.6 is 0 Å². The number of carbonyl (C=O) groups excluding carboxylic acids is 1. The van der Waals surface area contributed by atoms with Crippen molar-refractivity contribution in [3.63, 3.8) is 0 Å². The second-order valence-electron chi connectivity index (χ2n) is 8.79. The first-order valence-corrected chi connectivity index (χ1v) is 12.3. The van der Waals surface area contributed by atoms with Crippen LogP contribution < -0.4 is 24.2 Å². The van der Waals surface area contributed by atoms with E-state index in [1.165, 1.54) is 45.6 Å². The molecule has 0 saturated carbocycles. The summed E-state index contributed by atoms with van der Waals surface area (Å²) in [7, 11) is 0.376. The lowest BCUT2D eigenvalue weighted by atomic mass is 9.87. The van der Waals surface area contributed by atoms with Crippen molar-refractivity contribution in [3.05, 3.63) is 71.8 Å². The van der Waals surface area contributed by atoms with Crippen LogP contribution in [0.25, 0.3) is 0 Å². The van der Waals surface area contributed by atoms with Gasteiger partial charge in [0.15, 0.2) is 11.5 Å². The molecule has 0 radical (unpaired) electrons. The molecule has 0 atom stereocenters. The average molecular weight is 499 g/mol. The zero-order valence-corrected chi connectivity index (χ0v) is 21.4. The van der Waals surface area contributed by atoms with Gasteiger partial charge >= 0.3 is 0 Å². The van der Waals surface area contributed by atoms with Gasteiger partial charge in [0, 0.05) is 6.07 Å². The van der Waals surface area contributed by atoms with E-state index in [4.69, 9.17) is 14.2 Å². The fourth-order valence-electron chi connectivity index (χ4n) is 3.42. The summed E-state index contributed by atoms with van der Waals surface area (Å²) in [6.07, 6.45) is 0. The highest BCUT2D eigenvalue weighted by Gasteiger charge is 2.22. The van der Waals surface area contributed by atoms with Gasteiger partial charge in [0.1, 0.15) is 5.75 Å². The highest BCUT2D eigenvalue weighted by Crippen LogP contribution is 2.33. The average Bonchev–Trinajstić information content (AvgIpc) is 2.83. The maximum atomic E-state index is 13.2. The predicted molar refractivity (Wildman–Crippen MR) is 136 cm³/mol. The maximum absolute atomic E-state index is 13.2. The van der Waals surface area contributed by atoms with Crippen LogP contribution in [-0.4, -0.2) is 35.7 Å². The van der Waals surface area contributed by atoms with Crippen molar-refractivity contribution in [2.75, 3.05) is 31.4 Å². The number of hydrogen-bond donors (Lipinski definition) is 2. The third-order valence-corrected chi connectivity index (χ3v) is 6.76. The number of para-hydroxylation sites is 1. The summed E-state index contributed by atoms with van der Waals surface area (Å²) >= 11 is 0. The smallest absolute Gasteiger partial charge is 0.262 e. The molecule has 3 aromatic rings. The molecule has 0 aliphatic carbocycles. The van der Waals surface area contributed by atoms with Crippen LogP contribution in [0.4, 0.5) is 11.4 Å². The Hall–Kier alpha value is -3.72. The molecule has 0 aliphatic rings. The Balaban J connectivity index is 1.93. The minimum absolute atomic E-state index is 0.0371. The molecule has 3 rings (SSSR count). The van der Waals surface area contributed by atoms with Crippen LogP contribution in [0.1, 0.15) is 36.7 Å². The first-order chi connectivity index (χ1) is 16.5. The third kappa shape index (κ3) is 5.86. The Morgan fingerprint density at radius 3 is 2.03 bits per heavy atom. The van der Waals surface area contributed by atoms with E-state index in [1.807, 2.05) is 12.1 Å². The molecule has 0 fully saturated rings. The number of methoxy groups -OCH3 is 3. The molecule has 0 bridgehead atoms. The Morgan fingerprint density at radius 2 is 1.40 bits per heavy atom. The number of hydrogen-bond acceptors (Lipinski definition) is 6. The quantitative estimate of drug-likeness (QED) is 0.450. The van der Waals surface area contributed by atoms with Crippen LogP contribution in [0.3, 0.4) is 0 Å². The van der Waals surface area contributed by atoms with Crippen molar-refractivity contribution >= 4 is 27.3 Å². The van der Waals surface area contributed by atoms with Crippen molar-refractivity contribution in [1.29, 1.82) is 0 Å². The SMILES string of the molecule is COc1ccc(C(C)(C)C)cc1NC(=O)c1ccccc1NS(=O)(=O)c1ccc(OC)c(OC)c1. The molecule has 2 N–H and O–H groups in total. The molecule has 35 heavy (non-hydrogen) atoms. The summed E-state index contributed by atoms with van der Waals surface area (Å²) in [5, 5.41) is 2.85. The van der Waals surface area contributed by atoms with Gasteiger partial charge in [-0.25, -0.2) is 8.42 Å². The van der Waals surface area contributed by atoms with Crippen LogP contribution in [0.2, 0.25) is 0 Å². The summed E-state index contributed by atoms with van der Waals surface area (Å²) in [6.45, 7) is 6.20. The zero-order chi connectivity index (χ0) is 25.8. The second-order valence-corrected chi connectivity index (χ2v) is 10.5. The van der Waals surface area contributed by atoms with Gasteiger partial charge in [-0.3, -0.25) is 9.52 Å². The van der Waals surface area contributed by atoms with Crippen molar-refractivity contribution in [2.24, 2.45) is 0 Å². The van der Waals surface area contributed by atoms with Gasteiger partial charge in [-0.1, -0.05) is 39.0 Å². The van der Waals surface area contributed by atoms with Crippen molar-refractivity contribution < 1.29 is 27.4 Å². The fraction of sp³-hybridized carbons (Fsp3) is 0.269. The number of rotatable bonds is 8. The van der Waals surface area contributed by atoms with Crippen LogP contribution in [0.5, 0.6) is 17.2 Å². The van der Waals surface area contributed by atoms with Crippen LogP contribution in [0, 0.1) is 0 Å². The summed E-state index contributed by atoms with van der Waals surface area (Å²) in [4.78, 5) is 13.2. The maximum Gasteiger partial charge on any atom is 0.262 e. The minimum Gasteiger partial charge on any atom is -0.495 e. The molecule has 0 heterocycles. The van der Waals surface area contributed by atoms with Gasteiger partial charge < -0.3 is 19.5 Å². The number of amides is 1. The first-order valence-electron chi connectivity index (χ1n) is 10.8. The first kappa shape index (κ1) is 25.9. The lowest BCUT2D eigenvalue weighted by molar-refractivity contribution is 0.102. The lowest BCUT2D eigenvalue weighted by Gasteiger charge is -2.21. The Bertz CT molecular complexity index is 1330. The van der Waals surface area contributed by atoms with Gasteiger partial charge in [-0.05, 0) is 47.4 Å². The van der Waals surface area contributed by atoms with Gasteiger partial charge in [-0.15, -0.1) is 0 Å². The normalized spacial score (nSPS) is 11.5. The zero-order valence-electron chi connectivity index (χ0n) is 20.6. The molecule has 0 unspecified atom stereocenters. The van der Waals surface area contributed by atoms with E-state index in [0.717, 1.165) is 5.56 Å². The summed E-state index contributed by atoms with van der Waals surface area (Å²) in [6, 6.07) is 16.2. The van der Waals surface area contributed by atoms with Crippen molar-refractivity contribution in [1.82, 2.24) is 0 Å². The largest absolute Gasteiger partial charge is 0.495 e. The number of sulfonamides is 1. The van der Waals surface area contributed by atoms with E-state index in [2.05, 4.69) is 30.8 Å². The molecule has 0 aliphatic heterocycles. The summed E-state index contributed by atoms with van der Waals surface area (Å²) in [5.74, 6) is 0.680. The highest BCUT2D eigenvalue weighted by molar-refractivity contribution is 7.92. The number of ether oxygens (including phenoxy) is 3. The minimum atomic E-state index is -4.03. The number of nitrogens with one attached hydrogen (secondary N) is 2. The predicted octanol–water partition coefficient (Wildman–Crippen LogP) is 5.06. The van der Waals surface area contributed by atoms with E-state index >= 15 is 0 Å². The molecule has 0 aromatic heterocycles. The lowest BCUT2D eigenvalue weighted by Crippen LogP contribution is -2.19. The van der Waals surface area contributed by atoms with Gasteiger partial charge in [0.05, 0.1) is 43.2 Å². The Morgan fingerprint density at radius 1 is 0.771 bits per heavy atom. The third-order valence-electron chi connectivity index (χ3n) is 5.40. The van der Waals surface area contributed by atoms with Gasteiger partial charge in [-0.2, -0.15) is 0 Å². The van der Waals surface area contributed by atoms with E-state index < -0.39 is 15.9 Å². The number of benzene rings is 3.